The molecule has 0 aliphatic heterocycles. The van der Waals surface area contributed by atoms with Crippen LogP contribution in [0.15, 0.2) is 18.3 Å². The minimum atomic E-state index is 0.211. The van der Waals surface area contributed by atoms with Crippen LogP contribution in [0.1, 0.15) is 28.3 Å². The lowest BCUT2D eigenvalue weighted by Crippen LogP contribution is -2.14. The number of anilines is 2. The second-order valence-electron chi connectivity index (χ2n) is 4.18. The number of aromatic nitrogens is 2. The summed E-state index contributed by atoms with van der Waals surface area (Å²) in [5, 5.41) is 3.38. The molecule has 1 atom stereocenters. The monoisotopic (exact) mass is 263 g/mol. The van der Waals surface area contributed by atoms with Crippen molar-refractivity contribution in [1.29, 1.82) is 0 Å². The molecule has 96 valence electrons. The van der Waals surface area contributed by atoms with Crippen molar-refractivity contribution in [2.24, 2.45) is 5.84 Å². The molecular formula is C12H17N5S. The second-order valence-corrected chi connectivity index (χ2v) is 5.50. The molecule has 0 amide bonds. The van der Waals surface area contributed by atoms with Gasteiger partial charge in [0.25, 0.3) is 0 Å². The zero-order valence-electron chi connectivity index (χ0n) is 10.7. The van der Waals surface area contributed by atoms with Gasteiger partial charge in [-0.2, -0.15) is 4.98 Å². The standard InChI is InChI=1S/C12H17N5S/c1-7-6-14-12(17-13)16-11(7)15-9(3)10-5-4-8(2)18-10/h4-6,9H,13H2,1-3H3,(H2,14,15,16,17). The van der Waals surface area contributed by atoms with Crippen molar-refractivity contribution in [3.05, 3.63) is 33.6 Å². The lowest BCUT2D eigenvalue weighted by Gasteiger charge is -2.15. The van der Waals surface area contributed by atoms with E-state index in [0.717, 1.165) is 11.4 Å². The van der Waals surface area contributed by atoms with E-state index in [4.69, 9.17) is 5.84 Å². The number of nitrogen functional groups attached to an aromatic ring is 1. The number of hydrazine groups is 1. The topological polar surface area (TPSA) is 75.9 Å². The normalized spacial score (nSPS) is 12.2. The SMILES string of the molecule is Cc1ccc(C(C)Nc2nc(NN)ncc2C)s1. The average Bonchev–Trinajstić information content (AvgIpc) is 2.79. The molecule has 4 N–H and O–H groups in total. The average molecular weight is 263 g/mol. The van der Waals surface area contributed by atoms with Gasteiger partial charge in [0.15, 0.2) is 0 Å². The highest BCUT2D eigenvalue weighted by atomic mass is 32.1. The number of aryl methyl sites for hydroxylation is 2. The number of hydrogen-bond donors (Lipinski definition) is 3. The van der Waals surface area contributed by atoms with Crippen molar-refractivity contribution < 1.29 is 0 Å². The van der Waals surface area contributed by atoms with Gasteiger partial charge in [0.05, 0.1) is 6.04 Å². The van der Waals surface area contributed by atoms with E-state index in [1.807, 2.05) is 6.92 Å². The molecular weight excluding hydrogens is 246 g/mol. The van der Waals surface area contributed by atoms with Gasteiger partial charge in [-0.15, -0.1) is 11.3 Å². The van der Waals surface area contributed by atoms with Crippen LogP contribution in [0.25, 0.3) is 0 Å². The number of thiophene rings is 1. The third-order valence-corrected chi connectivity index (χ3v) is 3.83. The van der Waals surface area contributed by atoms with Gasteiger partial charge in [-0.3, -0.25) is 5.43 Å². The smallest absolute Gasteiger partial charge is 0.239 e. The molecule has 2 aromatic heterocycles. The Morgan fingerprint density at radius 1 is 1.33 bits per heavy atom. The van der Waals surface area contributed by atoms with E-state index in [9.17, 15) is 0 Å². The van der Waals surface area contributed by atoms with E-state index in [0.29, 0.717) is 5.95 Å². The first-order chi connectivity index (χ1) is 8.60. The number of nitrogens with one attached hydrogen (secondary N) is 2. The first-order valence-corrected chi connectivity index (χ1v) is 6.55. The van der Waals surface area contributed by atoms with Crippen LogP contribution < -0.4 is 16.6 Å². The van der Waals surface area contributed by atoms with Gasteiger partial charge in [-0.25, -0.2) is 10.8 Å². The van der Waals surface area contributed by atoms with Gasteiger partial charge in [-0.1, -0.05) is 0 Å². The molecule has 18 heavy (non-hydrogen) atoms. The Hall–Kier alpha value is -1.66. The molecule has 0 radical (unpaired) electrons. The summed E-state index contributed by atoms with van der Waals surface area (Å²) in [5.74, 6) is 6.53. The Labute approximate surface area is 110 Å². The van der Waals surface area contributed by atoms with E-state index in [2.05, 4.69) is 46.7 Å². The highest BCUT2D eigenvalue weighted by Crippen LogP contribution is 2.26. The van der Waals surface area contributed by atoms with Crippen molar-refractivity contribution in [2.75, 3.05) is 10.7 Å². The summed E-state index contributed by atoms with van der Waals surface area (Å²) in [6, 6.07) is 4.47. The Morgan fingerprint density at radius 3 is 2.72 bits per heavy atom. The molecule has 0 saturated carbocycles. The zero-order valence-corrected chi connectivity index (χ0v) is 11.5. The molecule has 5 nitrogen and oxygen atoms in total. The van der Waals surface area contributed by atoms with Crippen LogP contribution in [-0.4, -0.2) is 9.97 Å². The molecule has 0 saturated heterocycles. The zero-order chi connectivity index (χ0) is 13.1. The van der Waals surface area contributed by atoms with Gasteiger partial charge < -0.3 is 5.32 Å². The lowest BCUT2D eigenvalue weighted by molar-refractivity contribution is 0.888. The number of hydrogen-bond acceptors (Lipinski definition) is 6. The third-order valence-electron chi connectivity index (χ3n) is 2.64. The summed E-state index contributed by atoms with van der Waals surface area (Å²) in [5.41, 5.74) is 3.45. The van der Waals surface area contributed by atoms with Crippen molar-refractivity contribution in [1.82, 2.24) is 9.97 Å². The van der Waals surface area contributed by atoms with Gasteiger partial charge in [-0.05, 0) is 32.9 Å². The molecule has 0 spiro atoms. The molecule has 2 rings (SSSR count). The summed E-state index contributed by atoms with van der Waals surface area (Å²) in [6.45, 7) is 6.19. The summed E-state index contributed by atoms with van der Waals surface area (Å²) >= 11 is 1.78. The quantitative estimate of drug-likeness (QED) is 0.584. The highest BCUT2D eigenvalue weighted by Gasteiger charge is 2.10. The minimum Gasteiger partial charge on any atom is -0.362 e. The van der Waals surface area contributed by atoms with Crippen molar-refractivity contribution in [2.45, 2.75) is 26.8 Å². The van der Waals surface area contributed by atoms with E-state index < -0.39 is 0 Å². The van der Waals surface area contributed by atoms with Crippen molar-refractivity contribution in [3.63, 3.8) is 0 Å². The third kappa shape index (κ3) is 2.77. The highest BCUT2D eigenvalue weighted by molar-refractivity contribution is 7.12. The van der Waals surface area contributed by atoms with E-state index in [1.54, 1.807) is 17.5 Å². The predicted molar refractivity (Wildman–Crippen MR) is 75.7 cm³/mol. The maximum atomic E-state index is 5.31. The predicted octanol–water partition coefficient (Wildman–Crippen LogP) is 2.61. The maximum absolute atomic E-state index is 5.31. The molecule has 0 aromatic carbocycles. The minimum absolute atomic E-state index is 0.211. The summed E-state index contributed by atoms with van der Waals surface area (Å²) in [4.78, 5) is 11.0. The van der Waals surface area contributed by atoms with Crippen molar-refractivity contribution in [3.8, 4) is 0 Å². The first-order valence-electron chi connectivity index (χ1n) is 5.73. The van der Waals surface area contributed by atoms with Gasteiger partial charge >= 0.3 is 0 Å². The molecule has 1 unspecified atom stereocenters. The van der Waals surface area contributed by atoms with Crippen LogP contribution >= 0.6 is 11.3 Å². The molecule has 0 fully saturated rings. The van der Waals surface area contributed by atoms with E-state index in [-0.39, 0.29) is 6.04 Å². The van der Waals surface area contributed by atoms with Crippen LogP contribution in [0, 0.1) is 13.8 Å². The van der Waals surface area contributed by atoms with Crippen LogP contribution in [0.4, 0.5) is 11.8 Å². The second kappa shape index (κ2) is 5.32. The fraction of sp³-hybridized carbons (Fsp3) is 0.333. The Morgan fingerprint density at radius 2 is 2.11 bits per heavy atom. The molecule has 2 heterocycles. The van der Waals surface area contributed by atoms with Gasteiger partial charge in [0, 0.05) is 21.5 Å². The van der Waals surface area contributed by atoms with E-state index >= 15 is 0 Å². The Kier molecular flexibility index (Phi) is 3.78. The van der Waals surface area contributed by atoms with Crippen molar-refractivity contribution >= 4 is 23.1 Å². The summed E-state index contributed by atoms with van der Waals surface area (Å²) in [7, 11) is 0. The van der Waals surface area contributed by atoms with E-state index in [1.165, 1.54) is 9.75 Å². The number of rotatable bonds is 4. The molecule has 0 bridgehead atoms. The van der Waals surface area contributed by atoms with Gasteiger partial charge in [0.1, 0.15) is 5.82 Å². The molecule has 0 aliphatic carbocycles. The molecule has 6 heteroatoms. The Bertz CT molecular complexity index is 537. The molecule has 2 aromatic rings. The first kappa shape index (κ1) is 12.8. The molecule has 0 aliphatic rings. The largest absolute Gasteiger partial charge is 0.362 e. The van der Waals surface area contributed by atoms with Gasteiger partial charge in [0.2, 0.25) is 5.95 Å². The Balaban J connectivity index is 2.18. The number of nitrogens with zero attached hydrogens (tertiary/aromatic N) is 2. The summed E-state index contributed by atoms with van der Waals surface area (Å²) < 4.78 is 0. The number of nitrogens with two attached hydrogens (primary N) is 1. The van der Waals surface area contributed by atoms with Crippen LogP contribution in [0.2, 0.25) is 0 Å². The van der Waals surface area contributed by atoms with Crippen LogP contribution in [-0.2, 0) is 0 Å². The maximum Gasteiger partial charge on any atom is 0.239 e. The lowest BCUT2D eigenvalue weighted by atomic mass is 10.2. The fourth-order valence-corrected chi connectivity index (χ4v) is 2.50. The summed E-state index contributed by atoms with van der Waals surface area (Å²) in [6.07, 6.45) is 1.75. The van der Waals surface area contributed by atoms with Crippen LogP contribution in [0.3, 0.4) is 0 Å². The fourth-order valence-electron chi connectivity index (χ4n) is 1.62. The van der Waals surface area contributed by atoms with Crippen LogP contribution in [0.5, 0.6) is 0 Å².